The van der Waals surface area contributed by atoms with Crippen molar-refractivity contribution >= 4 is 48.7 Å². The molecule has 2 aromatic heterocycles. The van der Waals surface area contributed by atoms with E-state index in [4.69, 9.17) is 29.2 Å². The molecular formula is C34H40N7O14P. The van der Waals surface area contributed by atoms with Crippen molar-refractivity contribution in [2.75, 3.05) is 19.5 Å². The molecule has 5 rings (SSSR count). The lowest BCUT2D eigenvalue weighted by Gasteiger charge is -2.28. The second-order valence-corrected chi connectivity index (χ2v) is 14.6. The predicted octanol–water partition coefficient (Wildman–Crippen LogP) is 0.904. The van der Waals surface area contributed by atoms with Gasteiger partial charge in [0.15, 0.2) is 17.4 Å². The number of carbonyl (C=O) groups excluding carboxylic acids is 2. The number of methoxy groups -OCH3 is 1. The molecule has 1 unspecified atom stereocenters. The fourth-order valence-corrected chi connectivity index (χ4v) is 7.44. The molecule has 21 nitrogen and oxygen atoms in total. The number of aromatic nitrogens is 4. The van der Waals surface area contributed by atoms with Crippen molar-refractivity contribution < 1.29 is 67.6 Å². The lowest BCUT2D eigenvalue weighted by Crippen LogP contribution is -2.47. The summed E-state index contributed by atoms with van der Waals surface area (Å²) in [7, 11) is -3.65. The molecule has 0 spiro atoms. The summed E-state index contributed by atoms with van der Waals surface area (Å²) < 4.78 is 43.3. The summed E-state index contributed by atoms with van der Waals surface area (Å²) in [5.41, 5.74) is 5.07. The molecule has 8 N–H and O–H groups in total. The lowest BCUT2D eigenvalue weighted by molar-refractivity contribution is -0.153. The maximum Gasteiger partial charge on any atom is 0.342 e. The molecule has 0 amide bonds. The van der Waals surface area contributed by atoms with E-state index in [0.29, 0.717) is 11.1 Å². The molecule has 4 aromatic rings. The average Bonchev–Trinajstić information content (AvgIpc) is 3.68. The Bertz CT molecular complexity index is 2070. The zero-order chi connectivity index (χ0) is 40.6. The standard InChI is InChI=1S/C34H40N7O14P/c1-34(49)27(45)23(55-32(34)41-18-36-26-28(41)37-33(35)38-29(26)51-2)17-54-56(50,39-21(30(46)47)13-24(42)43)40-22(31(48)53-16-20-11-7-4-8-12-20)14-25(44)52-15-19-9-5-3-6-10-19/h3-12,18,21-23,27,32,45,49H,13-17H2,1-2H3,(H,42,43)(H,46,47)(H2,35,37,38)(H2,39,40,50)/t21-,22-,23+,27+,32+,34+,56?/m0/s1. The van der Waals surface area contributed by atoms with Gasteiger partial charge in [-0.15, -0.1) is 0 Å². The van der Waals surface area contributed by atoms with Gasteiger partial charge in [-0.25, -0.2) is 15.2 Å². The topological polar surface area (TPSA) is 306 Å². The van der Waals surface area contributed by atoms with Gasteiger partial charge in [0.1, 0.15) is 43.1 Å². The van der Waals surface area contributed by atoms with Gasteiger partial charge in [0.05, 0.1) is 32.9 Å². The van der Waals surface area contributed by atoms with Gasteiger partial charge in [-0.05, 0) is 18.1 Å². The number of aliphatic carboxylic acids is 2. The molecule has 0 saturated carbocycles. The third-order valence-corrected chi connectivity index (χ3v) is 10.3. The highest BCUT2D eigenvalue weighted by Gasteiger charge is 2.54. The Morgan fingerprint density at radius 2 is 1.57 bits per heavy atom. The maximum absolute atomic E-state index is 14.6. The third-order valence-electron chi connectivity index (χ3n) is 8.48. The van der Waals surface area contributed by atoms with E-state index in [9.17, 15) is 44.2 Å². The molecule has 1 aliphatic rings. The second kappa shape index (κ2) is 17.9. The van der Waals surface area contributed by atoms with E-state index in [0.717, 1.165) is 0 Å². The highest BCUT2D eigenvalue weighted by atomic mass is 31.2. The van der Waals surface area contributed by atoms with E-state index < -0.39 is 87.1 Å². The van der Waals surface area contributed by atoms with Gasteiger partial charge in [-0.1, -0.05) is 60.7 Å². The molecule has 2 aromatic carbocycles. The quantitative estimate of drug-likeness (QED) is 0.0512. The van der Waals surface area contributed by atoms with Crippen molar-refractivity contribution in [1.82, 2.24) is 29.7 Å². The van der Waals surface area contributed by atoms with Gasteiger partial charge in [0.25, 0.3) is 0 Å². The molecule has 1 saturated heterocycles. The van der Waals surface area contributed by atoms with Crippen LogP contribution in [0.2, 0.25) is 0 Å². The molecule has 0 aliphatic carbocycles. The Morgan fingerprint density at radius 1 is 0.964 bits per heavy atom. The largest absolute Gasteiger partial charge is 0.481 e. The fourth-order valence-electron chi connectivity index (χ4n) is 5.64. The number of nitrogens with one attached hydrogen (secondary N) is 2. The van der Waals surface area contributed by atoms with Crippen molar-refractivity contribution in [3.8, 4) is 5.88 Å². The number of imidazole rings is 1. The molecular weight excluding hydrogens is 761 g/mol. The lowest BCUT2D eigenvalue weighted by atomic mass is 9.96. The number of ether oxygens (including phenoxy) is 4. The number of aliphatic hydroxyl groups excluding tert-OH is 1. The van der Waals surface area contributed by atoms with Crippen LogP contribution in [-0.2, 0) is 55.7 Å². The zero-order valence-electron chi connectivity index (χ0n) is 30.0. The highest BCUT2D eigenvalue weighted by molar-refractivity contribution is 7.54. The minimum Gasteiger partial charge on any atom is -0.481 e. The number of fused-ring (bicyclic) bond motifs is 1. The van der Waals surface area contributed by atoms with E-state index in [1.807, 2.05) is 0 Å². The maximum atomic E-state index is 14.6. The normalized spacial score (nSPS) is 21.5. The fraction of sp³-hybridized carbons (Fsp3) is 0.382. The summed E-state index contributed by atoms with van der Waals surface area (Å²) in [4.78, 5) is 62.5. The molecule has 1 fully saturated rings. The number of hydrogen-bond acceptors (Lipinski definition) is 16. The van der Waals surface area contributed by atoms with Gasteiger partial charge in [0, 0.05) is 0 Å². The number of carboxylic acids is 2. The number of carbonyl (C=O) groups is 4. The van der Waals surface area contributed by atoms with Crippen LogP contribution < -0.4 is 20.6 Å². The minimum absolute atomic E-state index is 0.0116. The van der Waals surface area contributed by atoms with E-state index in [1.54, 1.807) is 60.7 Å². The summed E-state index contributed by atoms with van der Waals surface area (Å²) >= 11 is 0. The first kappa shape index (κ1) is 41.6. The van der Waals surface area contributed by atoms with Crippen LogP contribution in [0.5, 0.6) is 5.88 Å². The Balaban J connectivity index is 1.41. The molecule has 56 heavy (non-hydrogen) atoms. The number of carboxylic acid groups (broad SMARTS) is 2. The first-order valence-corrected chi connectivity index (χ1v) is 18.5. The second-order valence-electron chi connectivity index (χ2n) is 12.7. The van der Waals surface area contributed by atoms with Crippen molar-refractivity contribution in [3.63, 3.8) is 0 Å². The number of benzene rings is 2. The van der Waals surface area contributed by atoms with Gasteiger partial charge in [0.2, 0.25) is 11.8 Å². The monoisotopic (exact) mass is 801 g/mol. The average molecular weight is 802 g/mol. The smallest absolute Gasteiger partial charge is 0.342 e. The zero-order valence-corrected chi connectivity index (χ0v) is 30.9. The Kier molecular flexibility index (Phi) is 13.3. The number of nitrogens with zero attached hydrogens (tertiary/aromatic N) is 4. The Hall–Kier alpha value is -5.54. The van der Waals surface area contributed by atoms with Crippen LogP contribution in [0.15, 0.2) is 67.0 Å². The molecule has 0 bridgehead atoms. The highest BCUT2D eigenvalue weighted by Crippen LogP contribution is 2.44. The van der Waals surface area contributed by atoms with E-state index in [-0.39, 0.29) is 36.2 Å². The molecule has 0 radical (unpaired) electrons. The summed E-state index contributed by atoms with van der Waals surface area (Å²) in [6, 6.07) is 13.1. The summed E-state index contributed by atoms with van der Waals surface area (Å²) in [6.07, 6.45) is -5.44. The van der Waals surface area contributed by atoms with Crippen LogP contribution >= 0.6 is 7.67 Å². The van der Waals surface area contributed by atoms with E-state index in [2.05, 4.69) is 25.1 Å². The van der Waals surface area contributed by atoms with Crippen LogP contribution in [-0.4, -0.2) is 107 Å². The number of anilines is 1. The summed E-state index contributed by atoms with van der Waals surface area (Å²) in [5, 5.41) is 46.3. The van der Waals surface area contributed by atoms with Gasteiger partial charge >= 0.3 is 31.5 Å². The Morgan fingerprint density at radius 3 is 2.16 bits per heavy atom. The molecule has 22 heteroatoms. The van der Waals surface area contributed by atoms with Crippen molar-refractivity contribution in [2.45, 2.75) is 69.1 Å². The number of nitrogens with two attached hydrogens (primary N) is 1. The molecule has 3 heterocycles. The molecule has 300 valence electrons. The summed E-state index contributed by atoms with van der Waals surface area (Å²) in [6.45, 7) is -0.121. The van der Waals surface area contributed by atoms with Crippen molar-refractivity contribution in [3.05, 3.63) is 78.1 Å². The Labute approximate surface area is 318 Å². The van der Waals surface area contributed by atoms with Gasteiger partial charge < -0.3 is 49.6 Å². The van der Waals surface area contributed by atoms with Crippen LogP contribution in [0.4, 0.5) is 5.95 Å². The molecule has 7 atom stereocenters. The number of esters is 2. The van der Waals surface area contributed by atoms with E-state index in [1.165, 1.54) is 24.9 Å². The summed E-state index contributed by atoms with van der Waals surface area (Å²) in [5.74, 6) is -5.64. The van der Waals surface area contributed by atoms with Crippen LogP contribution in [0.1, 0.15) is 37.1 Å². The van der Waals surface area contributed by atoms with Crippen LogP contribution in [0, 0.1) is 0 Å². The third kappa shape index (κ3) is 10.2. The van der Waals surface area contributed by atoms with E-state index >= 15 is 0 Å². The number of rotatable bonds is 19. The first-order chi connectivity index (χ1) is 26.6. The number of aliphatic hydroxyl groups is 2. The predicted molar refractivity (Wildman–Crippen MR) is 191 cm³/mol. The number of hydrogen-bond donors (Lipinski definition) is 7. The first-order valence-electron chi connectivity index (χ1n) is 16.8. The number of nitrogen functional groups attached to an aromatic ring is 1. The van der Waals surface area contributed by atoms with Crippen molar-refractivity contribution in [2.24, 2.45) is 0 Å². The van der Waals surface area contributed by atoms with Crippen LogP contribution in [0.25, 0.3) is 11.2 Å². The SMILES string of the molecule is COc1nc(N)nc2c1ncn2[C@@H]1O[C@H](COP(=O)(N[C@@H](CC(=O)O)C(=O)O)N[C@@H](CC(=O)OCc2ccccc2)C(=O)OCc2ccccc2)[C@@H](O)[C@@]1(C)O. The minimum atomic E-state index is -4.98. The van der Waals surface area contributed by atoms with Crippen molar-refractivity contribution in [1.29, 1.82) is 0 Å². The van der Waals surface area contributed by atoms with Crippen LogP contribution in [0.3, 0.4) is 0 Å². The molecule has 1 aliphatic heterocycles. The van der Waals surface area contributed by atoms with Gasteiger partial charge in [-0.3, -0.25) is 28.3 Å². The van der Waals surface area contributed by atoms with Gasteiger partial charge in [-0.2, -0.15) is 9.97 Å².